The van der Waals surface area contributed by atoms with E-state index in [2.05, 4.69) is 36.4 Å². The first-order chi connectivity index (χ1) is 13.6. The Hall–Kier alpha value is -3.32. The number of aromatic nitrogens is 2. The van der Waals surface area contributed by atoms with E-state index in [1.807, 2.05) is 24.3 Å². The van der Waals surface area contributed by atoms with Crippen LogP contribution < -0.4 is 5.43 Å². The summed E-state index contributed by atoms with van der Waals surface area (Å²) in [6.07, 6.45) is 1.46. The lowest BCUT2D eigenvalue weighted by Crippen LogP contribution is -2.17. The van der Waals surface area contributed by atoms with Crippen molar-refractivity contribution in [1.82, 2.24) is 15.4 Å². The maximum Gasteiger partial charge on any atom is 0.271 e. The van der Waals surface area contributed by atoms with Crippen LogP contribution in [0.2, 0.25) is 0 Å². The maximum absolute atomic E-state index is 12.9. The average molecular weight is 437 g/mol. The highest BCUT2D eigenvalue weighted by Crippen LogP contribution is 2.23. The predicted molar refractivity (Wildman–Crippen MR) is 111 cm³/mol. The predicted octanol–water partition coefficient (Wildman–Crippen LogP) is 4.90. The third-order valence-corrected chi connectivity index (χ3v) is 4.64. The first kappa shape index (κ1) is 18.1. The fourth-order valence-corrected chi connectivity index (χ4v) is 2.94. The highest BCUT2D eigenvalue weighted by atomic mass is 79.9. The van der Waals surface area contributed by atoms with Crippen LogP contribution in [0, 0.1) is 5.82 Å². The van der Waals surface area contributed by atoms with Gasteiger partial charge in [0.15, 0.2) is 0 Å². The molecule has 138 valence electrons. The molecule has 0 saturated carbocycles. The number of benzene rings is 3. The molecule has 0 aliphatic carbocycles. The van der Waals surface area contributed by atoms with E-state index in [-0.39, 0.29) is 11.7 Å². The van der Waals surface area contributed by atoms with Crippen molar-refractivity contribution >= 4 is 39.1 Å². The number of nitrogens with one attached hydrogen (secondary N) is 2. The minimum Gasteiger partial charge on any atom is -0.338 e. The Morgan fingerprint density at radius 2 is 1.82 bits per heavy atom. The second kappa shape index (κ2) is 7.74. The number of amides is 1. The molecular formula is C21H14BrFN4O. The summed E-state index contributed by atoms with van der Waals surface area (Å²) in [4.78, 5) is 20.1. The molecule has 1 aromatic heterocycles. The van der Waals surface area contributed by atoms with E-state index in [4.69, 9.17) is 0 Å². The molecule has 0 spiro atoms. The molecule has 4 rings (SSSR count). The Kier molecular flexibility index (Phi) is 4.99. The molecule has 0 radical (unpaired) electrons. The zero-order chi connectivity index (χ0) is 19.5. The molecule has 0 fully saturated rings. The number of nitrogens with zero attached hydrogens (tertiary/aromatic N) is 2. The largest absolute Gasteiger partial charge is 0.338 e. The fourth-order valence-electron chi connectivity index (χ4n) is 2.67. The van der Waals surface area contributed by atoms with Gasteiger partial charge in [0, 0.05) is 15.6 Å². The van der Waals surface area contributed by atoms with E-state index >= 15 is 0 Å². The zero-order valence-corrected chi connectivity index (χ0v) is 16.1. The van der Waals surface area contributed by atoms with Crippen molar-refractivity contribution in [2.45, 2.75) is 0 Å². The van der Waals surface area contributed by atoms with Crippen molar-refractivity contribution in [3.8, 4) is 11.4 Å². The molecule has 7 heteroatoms. The van der Waals surface area contributed by atoms with Crippen molar-refractivity contribution in [3.05, 3.63) is 88.1 Å². The van der Waals surface area contributed by atoms with Gasteiger partial charge in [-0.05, 0) is 48.0 Å². The number of aromatic amines is 1. The lowest BCUT2D eigenvalue weighted by atomic mass is 10.2. The van der Waals surface area contributed by atoms with Crippen LogP contribution in [0.25, 0.3) is 22.4 Å². The van der Waals surface area contributed by atoms with Crippen molar-refractivity contribution in [1.29, 1.82) is 0 Å². The third kappa shape index (κ3) is 3.99. The van der Waals surface area contributed by atoms with Gasteiger partial charge in [-0.1, -0.05) is 40.2 Å². The molecule has 0 unspecified atom stereocenters. The average Bonchev–Trinajstić information content (AvgIpc) is 3.13. The van der Waals surface area contributed by atoms with Gasteiger partial charge < -0.3 is 4.98 Å². The van der Waals surface area contributed by atoms with Crippen molar-refractivity contribution in [3.63, 3.8) is 0 Å². The summed E-state index contributed by atoms with van der Waals surface area (Å²) in [5, 5.41) is 3.91. The van der Waals surface area contributed by atoms with E-state index in [1.165, 1.54) is 18.3 Å². The molecule has 1 heterocycles. The Balaban J connectivity index is 1.51. The summed E-state index contributed by atoms with van der Waals surface area (Å²) < 4.78 is 13.9. The molecule has 3 aromatic carbocycles. The normalized spacial score (nSPS) is 11.2. The van der Waals surface area contributed by atoms with Gasteiger partial charge in [-0.15, -0.1) is 0 Å². The lowest BCUT2D eigenvalue weighted by molar-refractivity contribution is 0.0955. The van der Waals surface area contributed by atoms with Crippen LogP contribution in [0.5, 0.6) is 0 Å². The number of carbonyl (C=O) groups excluding carboxylic acids is 1. The SMILES string of the molecule is O=C(N/N=C\c1ccc(F)cc1)c1ccc2nc(-c3ccc(Br)cc3)[nH]c2c1. The topological polar surface area (TPSA) is 70.1 Å². The van der Waals surface area contributed by atoms with Gasteiger partial charge in [-0.2, -0.15) is 5.10 Å². The van der Waals surface area contributed by atoms with Crippen LogP contribution in [-0.4, -0.2) is 22.1 Å². The van der Waals surface area contributed by atoms with E-state index < -0.39 is 0 Å². The number of carbonyl (C=O) groups is 1. The highest BCUT2D eigenvalue weighted by molar-refractivity contribution is 9.10. The van der Waals surface area contributed by atoms with Gasteiger partial charge in [0.25, 0.3) is 5.91 Å². The molecule has 5 nitrogen and oxygen atoms in total. The Bertz CT molecular complexity index is 1170. The third-order valence-electron chi connectivity index (χ3n) is 4.11. The van der Waals surface area contributed by atoms with Gasteiger partial charge in [0.05, 0.1) is 17.2 Å². The van der Waals surface area contributed by atoms with Gasteiger partial charge in [-0.25, -0.2) is 14.8 Å². The summed E-state index contributed by atoms with van der Waals surface area (Å²) in [7, 11) is 0. The Morgan fingerprint density at radius 3 is 2.57 bits per heavy atom. The molecule has 2 N–H and O–H groups in total. The summed E-state index contributed by atoms with van der Waals surface area (Å²) >= 11 is 3.41. The second-order valence-electron chi connectivity index (χ2n) is 6.07. The van der Waals surface area contributed by atoms with Crippen molar-refractivity contribution < 1.29 is 9.18 Å². The first-order valence-electron chi connectivity index (χ1n) is 8.43. The molecule has 0 saturated heterocycles. The minimum absolute atomic E-state index is 0.323. The van der Waals surface area contributed by atoms with Crippen LogP contribution in [0.3, 0.4) is 0 Å². The number of H-pyrrole nitrogens is 1. The van der Waals surface area contributed by atoms with E-state index in [9.17, 15) is 9.18 Å². The summed E-state index contributed by atoms with van der Waals surface area (Å²) in [5.41, 5.74) is 6.09. The second-order valence-corrected chi connectivity index (χ2v) is 6.99. The smallest absolute Gasteiger partial charge is 0.271 e. The zero-order valence-electron chi connectivity index (χ0n) is 14.5. The van der Waals surface area contributed by atoms with Crippen LogP contribution >= 0.6 is 15.9 Å². The molecule has 1 amide bonds. The minimum atomic E-state index is -0.347. The number of imidazole rings is 1. The van der Waals surface area contributed by atoms with Crippen LogP contribution in [0.15, 0.2) is 76.3 Å². The van der Waals surface area contributed by atoms with Gasteiger partial charge >= 0.3 is 0 Å². The van der Waals surface area contributed by atoms with Crippen molar-refractivity contribution in [2.75, 3.05) is 0 Å². The highest BCUT2D eigenvalue weighted by Gasteiger charge is 2.09. The Morgan fingerprint density at radius 1 is 1.07 bits per heavy atom. The molecule has 0 aliphatic heterocycles. The maximum atomic E-state index is 12.9. The van der Waals surface area contributed by atoms with Crippen LogP contribution in [0.4, 0.5) is 4.39 Å². The number of fused-ring (bicyclic) bond motifs is 1. The fraction of sp³-hybridized carbons (Fsp3) is 0. The number of halogens is 2. The number of hydrogen-bond donors (Lipinski definition) is 2. The number of hydrogen-bond acceptors (Lipinski definition) is 3. The van der Waals surface area contributed by atoms with Crippen LogP contribution in [-0.2, 0) is 0 Å². The quantitative estimate of drug-likeness (QED) is 0.353. The lowest BCUT2D eigenvalue weighted by Gasteiger charge is -2.00. The van der Waals surface area contributed by atoms with E-state index in [0.717, 1.165) is 26.9 Å². The van der Waals surface area contributed by atoms with E-state index in [1.54, 1.807) is 30.3 Å². The molecule has 0 atom stereocenters. The molecule has 4 aromatic rings. The van der Waals surface area contributed by atoms with Crippen molar-refractivity contribution in [2.24, 2.45) is 5.10 Å². The molecule has 0 aliphatic rings. The van der Waals surface area contributed by atoms with Gasteiger partial charge in [-0.3, -0.25) is 4.79 Å². The molecule has 0 bridgehead atoms. The summed E-state index contributed by atoms with van der Waals surface area (Å²) in [5.74, 6) is 0.0611. The standard InChI is InChI=1S/C21H14BrFN4O/c22-16-6-3-14(4-7-16)20-25-18-10-5-15(11-19(18)26-20)21(28)27-24-12-13-1-8-17(23)9-2-13/h1-12H,(H,25,26)(H,27,28)/b24-12-. The monoisotopic (exact) mass is 436 g/mol. The van der Waals surface area contributed by atoms with Crippen LogP contribution in [0.1, 0.15) is 15.9 Å². The van der Waals surface area contributed by atoms with E-state index in [0.29, 0.717) is 11.1 Å². The van der Waals surface area contributed by atoms with Gasteiger partial charge in [0.2, 0.25) is 0 Å². The number of rotatable bonds is 4. The summed E-state index contributed by atoms with van der Waals surface area (Å²) in [6.45, 7) is 0. The number of hydrazone groups is 1. The first-order valence-corrected chi connectivity index (χ1v) is 9.22. The van der Waals surface area contributed by atoms with Gasteiger partial charge in [0.1, 0.15) is 11.6 Å². The molecular weight excluding hydrogens is 423 g/mol. The Labute approximate surface area is 168 Å². The summed E-state index contributed by atoms with van der Waals surface area (Å²) in [6, 6.07) is 18.8. The molecule has 28 heavy (non-hydrogen) atoms.